The molecule has 0 saturated heterocycles. The average Bonchev–Trinajstić information content (AvgIpc) is 3.27. The average molecular weight is 385 g/mol. The Hall–Kier alpha value is -4.00. The molecule has 0 radical (unpaired) electrons. The number of hydrogen-bond acceptors (Lipinski definition) is 4. The molecule has 4 aromatic rings. The molecule has 2 heterocycles. The van der Waals surface area contributed by atoms with Crippen molar-refractivity contribution in [3.63, 3.8) is 0 Å². The molecule has 7 heteroatoms. The summed E-state index contributed by atoms with van der Waals surface area (Å²) in [5, 5.41) is 14.1. The normalized spacial score (nSPS) is 10.6. The molecular formula is C22H19N5O2. The summed E-state index contributed by atoms with van der Waals surface area (Å²) in [7, 11) is 0. The maximum absolute atomic E-state index is 12.4. The SMILES string of the molecule is O=C(NCCn1nc(-c2ccccc2)ccc1=O)c1cc(-c2ccccc2)n[nH]1. The first-order valence-corrected chi connectivity index (χ1v) is 9.23. The van der Waals surface area contributed by atoms with Crippen molar-refractivity contribution in [1.82, 2.24) is 25.3 Å². The number of aromatic amines is 1. The minimum atomic E-state index is -0.285. The molecule has 0 aliphatic rings. The lowest BCUT2D eigenvalue weighted by atomic mass is 10.1. The van der Waals surface area contributed by atoms with Crippen LogP contribution in [0.15, 0.2) is 83.7 Å². The van der Waals surface area contributed by atoms with E-state index in [-0.39, 0.29) is 24.6 Å². The predicted octanol–water partition coefficient (Wildman–Crippen LogP) is 2.73. The van der Waals surface area contributed by atoms with Crippen molar-refractivity contribution in [2.75, 3.05) is 6.54 Å². The molecule has 0 spiro atoms. The zero-order valence-corrected chi connectivity index (χ0v) is 15.6. The number of aromatic nitrogens is 4. The number of nitrogens with one attached hydrogen (secondary N) is 2. The molecule has 0 saturated carbocycles. The summed E-state index contributed by atoms with van der Waals surface area (Å²) in [6.45, 7) is 0.536. The standard InChI is InChI=1S/C22H19N5O2/c28-21-12-11-18(16-7-3-1-4-8-16)26-27(21)14-13-23-22(29)20-15-19(24-25-20)17-9-5-2-6-10-17/h1-12,15H,13-14H2,(H,23,29)(H,24,25). The lowest BCUT2D eigenvalue weighted by Crippen LogP contribution is -2.32. The van der Waals surface area contributed by atoms with Crippen LogP contribution in [0.2, 0.25) is 0 Å². The number of H-pyrrole nitrogens is 1. The van der Waals surface area contributed by atoms with Crippen LogP contribution in [0.3, 0.4) is 0 Å². The van der Waals surface area contributed by atoms with Crippen molar-refractivity contribution >= 4 is 5.91 Å². The number of hydrogen-bond donors (Lipinski definition) is 2. The minimum absolute atomic E-state index is 0.216. The van der Waals surface area contributed by atoms with E-state index >= 15 is 0 Å². The van der Waals surface area contributed by atoms with Gasteiger partial charge in [-0.15, -0.1) is 0 Å². The van der Waals surface area contributed by atoms with Gasteiger partial charge in [0.2, 0.25) is 0 Å². The molecule has 0 unspecified atom stereocenters. The molecule has 0 atom stereocenters. The summed E-state index contributed by atoms with van der Waals surface area (Å²) in [6, 6.07) is 24.1. The Morgan fingerprint density at radius 1 is 0.897 bits per heavy atom. The number of nitrogens with zero attached hydrogens (tertiary/aromatic N) is 3. The second-order valence-corrected chi connectivity index (χ2v) is 6.43. The summed E-state index contributed by atoms with van der Waals surface area (Å²) in [4.78, 5) is 24.4. The van der Waals surface area contributed by atoms with Crippen molar-refractivity contribution in [2.45, 2.75) is 6.54 Å². The third-order valence-electron chi connectivity index (χ3n) is 4.44. The highest BCUT2D eigenvalue weighted by Crippen LogP contribution is 2.17. The fourth-order valence-corrected chi connectivity index (χ4v) is 2.94. The molecule has 4 rings (SSSR count). The first-order chi connectivity index (χ1) is 14.2. The van der Waals surface area contributed by atoms with Crippen LogP contribution in [0.1, 0.15) is 10.5 Å². The number of rotatable bonds is 6. The Morgan fingerprint density at radius 2 is 1.55 bits per heavy atom. The summed E-state index contributed by atoms with van der Waals surface area (Å²) < 4.78 is 1.35. The van der Waals surface area contributed by atoms with E-state index < -0.39 is 0 Å². The van der Waals surface area contributed by atoms with Crippen LogP contribution in [0, 0.1) is 0 Å². The first-order valence-electron chi connectivity index (χ1n) is 9.23. The molecule has 2 N–H and O–H groups in total. The van der Waals surface area contributed by atoms with Gasteiger partial charge in [0.05, 0.1) is 17.9 Å². The van der Waals surface area contributed by atoms with E-state index in [4.69, 9.17) is 0 Å². The summed E-state index contributed by atoms with van der Waals surface area (Å²) in [6.07, 6.45) is 0. The van der Waals surface area contributed by atoms with Crippen molar-refractivity contribution in [2.24, 2.45) is 0 Å². The number of benzene rings is 2. The zero-order valence-electron chi connectivity index (χ0n) is 15.6. The highest BCUT2D eigenvalue weighted by atomic mass is 16.2. The van der Waals surface area contributed by atoms with Gasteiger partial charge in [0, 0.05) is 23.7 Å². The highest BCUT2D eigenvalue weighted by molar-refractivity contribution is 5.93. The maximum atomic E-state index is 12.4. The lowest BCUT2D eigenvalue weighted by molar-refractivity contribution is 0.0946. The highest BCUT2D eigenvalue weighted by Gasteiger charge is 2.11. The second kappa shape index (κ2) is 8.35. The van der Waals surface area contributed by atoms with Crippen LogP contribution in [0.4, 0.5) is 0 Å². The van der Waals surface area contributed by atoms with Gasteiger partial charge in [0.1, 0.15) is 5.69 Å². The van der Waals surface area contributed by atoms with Crippen LogP contribution in [0.5, 0.6) is 0 Å². The van der Waals surface area contributed by atoms with Gasteiger partial charge in [0.25, 0.3) is 11.5 Å². The van der Waals surface area contributed by atoms with Gasteiger partial charge in [-0.25, -0.2) is 4.68 Å². The Balaban J connectivity index is 1.40. The minimum Gasteiger partial charge on any atom is -0.349 e. The van der Waals surface area contributed by atoms with E-state index in [9.17, 15) is 9.59 Å². The van der Waals surface area contributed by atoms with E-state index in [1.54, 1.807) is 12.1 Å². The third-order valence-corrected chi connectivity index (χ3v) is 4.44. The van der Waals surface area contributed by atoms with E-state index in [0.717, 1.165) is 11.1 Å². The molecule has 2 aromatic carbocycles. The summed E-state index contributed by atoms with van der Waals surface area (Å²) in [5.41, 5.74) is 3.41. The fraction of sp³-hybridized carbons (Fsp3) is 0.0909. The van der Waals surface area contributed by atoms with Crippen molar-refractivity contribution in [3.8, 4) is 22.5 Å². The maximum Gasteiger partial charge on any atom is 0.269 e. The quantitative estimate of drug-likeness (QED) is 0.534. The zero-order chi connectivity index (χ0) is 20.1. The van der Waals surface area contributed by atoms with Gasteiger partial charge in [-0.2, -0.15) is 10.2 Å². The summed E-state index contributed by atoms with van der Waals surface area (Å²) >= 11 is 0. The van der Waals surface area contributed by atoms with E-state index in [0.29, 0.717) is 17.1 Å². The van der Waals surface area contributed by atoms with Gasteiger partial charge >= 0.3 is 0 Å². The number of amides is 1. The molecule has 0 aliphatic carbocycles. The second-order valence-electron chi connectivity index (χ2n) is 6.43. The van der Waals surface area contributed by atoms with E-state index in [1.807, 2.05) is 60.7 Å². The first kappa shape index (κ1) is 18.4. The third kappa shape index (κ3) is 4.30. The topological polar surface area (TPSA) is 92.7 Å². The smallest absolute Gasteiger partial charge is 0.269 e. The van der Waals surface area contributed by atoms with Crippen LogP contribution >= 0.6 is 0 Å². The van der Waals surface area contributed by atoms with Gasteiger partial charge in [-0.1, -0.05) is 60.7 Å². The molecule has 0 aliphatic heterocycles. The van der Waals surface area contributed by atoms with Crippen molar-refractivity contribution in [3.05, 3.63) is 94.9 Å². The Morgan fingerprint density at radius 3 is 2.24 bits per heavy atom. The number of carbonyl (C=O) groups excluding carboxylic acids is 1. The fourth-order valence-electron chi connectivity index (χ4n) is 2.94. The van der Waals surface area contributed by atoms with Crippen molar-refractivity contribution in [1.29, 1.82) is 0 Å². The van der Waals surface area contributed by atoms with Crippen LogP contribution in [0.25, 0.3) is 22.5 Å². The molecule has 144 valence electrons. The molecular weight excluding hydrogens is 366 g/mol. The molecule has 0 fully saturated rings. The largest absolute Gasteiger partial charge is 0.349 e. The summed E-state index contributed by atoms with van der Waals surface area (Å²) in [5.74, 6) is -0.285. The molecule has 1 amide bonds. The van der Waals surface area contributed by atoms with Crippen LogP contribution < -0.4 is 10.9 Å². The Kier molecular flexibility index (Phi) is 5.29. The van der Waals surface area contributed by atoms with E-state index in [1.165, 1.54) is 10.7 Å². The van der Waals surface area contributed by atoms with Gasteiger partial charge in [0.15, 0.2) is 0 Å². The Labute approximate surface area is 167 Å². The van der Waals surface area contributed by atoms with Crippen molar-refractivity contribution < 1.29 is 4.79 Å². The number of carbonyl (C=O) groups is 1. The Bertz CT molecular complexity index is 1170. The molecule has 29 heavy (non-hydrogen) atoms. The predicted molar refractivity (Wildman–Crippen MR) is 110 cm³/mol. The molecule has 7 nitrogen and oxygen atoms in total. The molecule has 2 aromatic heterocycles. The molecule has 0 bridgehead atoms. The van der Waals surface area contributed by atoms with Gasteiger partial charge in [-0.05, 0) is 12.1 Å². The van der Waals surface area contributed by atoms with Gasteiger partial charge in [-0.3, -0.25) is 14.7 Å². The van der Waals surface area contributed by atoms with E-state index in [2.05, 4.69) is 20.6 Å². The van der Waals surface area contributed by atoms with Crippen LogP contribution in [-0.4, -0.2) is 32.4 Å². The van der Waals surface area contributed by atoms with Gasteiger partial charge < -0.3 is 5.32 Å². The monoisotopic (exact) mass is 385 g/mol. The lowest BCUT2D eigenvalue weighted by Gasteiger charge is -2.08. The van der Waals surface area contributed by atoms with Crippen LogP contribution in [-0.2, 0) is 6.54 Å².